The smallest absolute Gasteiger partial charge is 0.126 e. The fourth-order valence-electron chi connectivity index (χ4n) is 1.71. The molecule has 0 spiro atoms. The van der Waals surface area contributed by atoms with Gasteiger partial charge in [-0.2, -0.15) is 0 Å². The van der Waals surface area contributed by atoms with E-state index in [1.165, 1.54) is 0 Å². The molecule has 0 fully saturated rings. The van der Waals surface area contributed by atoms with Crippen LogP contribution >= 0.6 is 0 Å². The van der Waals surface area contributed by atoms with E-state index in [0.29, 0.717) is 0 Å². The summed E-state index contributed by atoms with van der Waals surface area (Å²) in [7, 11) is 0. The second-order valence-corrected chi connectivity index (χ2v) is 4.07. The van der Waals surface area contributed by atoms with E-state index in [4.69, 9.17) is 4.74 Å². The lowest BCUT2D eigenvalue weighted by Crippen LogP contribution is -2.03. The van der Waals surface area contributed by atoms with Gasteiger partial charge < -0.3 is 9.84 Å². The molecule has 0 heterocycles. The standard InChI is InChI=1S/C15H16O2/c1-11-14(16)9-6-10-15(11)17-12(2)13-7-4-3-5-8-13/h3-10,12,16H,1-2H3. The van der Waals surface area contributed by atoms with E-state index in [0.717, 1.165) is 16.9 Å². The molecule has 0 saturated heterocycles. The van der Waals surface area contributed by atoms with Gasteiger partial charge in [-0.3, -0.25) is 0 Å². The summed E-state index contributed by atoms with van der Waals surface area (Å²) in [6.07, 6.45) is -0.0308. The maximum atomic E-state index is 9.60. The van der Waals surface area contributed by atoms with Crippen molar-refractivity contribution in [2.75, 3.05) is 0 Å². The summed E-state index contributed by atoms with van der Waals surface area (Å²) >= 11 is 0. The van der Waals surface area contributed by atoms with Crippen LogP contribution in [0.5, 0.6) is 11.5 Å². The molecule has 0 saturated carbocycles. The first kappa shape index (κ1) is 11.5. The molecule has 2 heteroatoms. The summed E-state index contributed by atoms with van der Waals surface area (Å²) in [6, 6.07) is 15.3. The second kappa shape index (κ2) is 4.91. The Labute approximate surface area is 101 Å². The Balaban J connectivity index is 2.19. The van der Waals surface area contributed by atoms with Gasteiger partial charge in [-0.1, -0.05) is 36.4 Å². The first-order valence-corrected chi connectivity index (χ1v) is 5.68. The Bertz CT molecular complexity index is 492. The molecule has 17 heavy (non-hydrogen) atoms. The molecule has 0 radical (unpaired) electrons. The maximum absolute atomic E-state index is 9.60. The number of rotatable bonds is 3. The van der Waals surface area contributed by atoms with Crippen molar-refractivity contribution in [1.29, 1.82) is 0 Å². The van der Waals surface area contributed by atoms with E-state index < -0.39 is 0 Å². The van der Waals surface area contributed by atoms with Gasteiger partial charge in [-0.25, -0.2) is 0 Å². The Morgan fingerprint density at radius 3 is 2.41 bits per heavy atom. The minimum absolute atomic E-state index is 0.0308. The van der Waals surface area contributed by atoms with E-state index in [9.17, 15) is 5.11 Å². The van der Waals surface area contributed by atoms with Crippen molar-refractivity contribution in [3.63, 3.8) is 0 Å². The third kappa shape index (κ3) is 2.59. The highest BCUT2D eigenvalue weighted by Gasteiger charge is 2.09. The predicted molar refractivity (Wildman–Crippen MR) is 68.3 cm³/mol. The van der Waals surface area contributed by atoms with E-state index in [1.54, 1.807) is 12.1 Å². The van der Waals surface area contributed by atoms with E-state index >= 15 is 0 Å². The van der Waals surface area contributed by atoms with Crippen LogP contribution in [-0.2, 0) is 0 Å². The lowest BCUT2D eigenvalue weighted by Gasteiger charge is -2.17. The van der Waals surface area contributed by atoms with Crippen molar-refractivity contribution in [2.45, 2.75) is 20.0 Å². The molecule has 0 aromatic heterocycles. The van der Waals surface area contributed by atoms with Crippen molar-refractivity contribution in [3.05, 3.63) is 59.7 Å². The first-order chi connectivity index (χ1) is 8.18. The number of phenolic OH excluding ortho intramolecular Hbond substituents is 1. The highest BCUT2D eigenvalue weighted by atomic mass is 16.5. The van der Waals surface area contributed by atoms with Crippen LogP contribution in [0.2, 0.25) is 0 Å². The summed E-state index contributed by atoms with van der Waals surface area (Å²) in [5.74, 6) is 0.990. The average molecular weight is 228 g/mol. The largest absolute Gasteiger partial charge is 0.508 e. The Morgan fingerprint density at radius 1 is 1.00 bits per heavy atom. The normalized spacial score (nSPS) is 12.1. The molecule has 0 aliphatic carbocycles. The van der Waals surface area contributed by atoms with Gasteiger partial charge in [0.15, 0.2) is 0 Å². The number of hydrogen-bond donors (Lipinski definition) is 1. The molecule has 2 nitrogen and oxygen atoms in total. The van der Waals surface area contributed by atoms with Gasteiger partial charge in [0, 0.05) is 5.56 Å². The van der Waals surface area contributed by atoms with Crippen LogP contribution in [-0.4, -0.2) is 5.11 Å². The minimum Gasteiger partial charge on any atom is -0.508 e. The third-order valence-corrected chi connectivity index (χ3v) is 2.83. The van der Waals surface area contributed by atoms with Crippen LogP contribution in [0.25, 0.3) is 0 Å². The van der Waals surface area contributed by atoms with E-state index in [1.807, 2.05) is 50.2 Å². The van der Waals surface area contributed by atoms with Crippen molar-refractivity contribution in [2.24, 2.45) is 0 Å². The van der Waals surface area contributed by atoms with Crippen LogP contribution in [0.4, 0.5) is 0 Å². The number of aromatic hydroxyl groups is 1. The molecular formula is C15H16O2. The van der Waals surface area contributed by atoms with Crippen molar-refractivity contribution >= 4 is 0 Å². The maximum Gasteiger partial charge on any atom is 0.126 e. The molecule has 88 valence electrons. The van der Waals surface area contributed by atoms with Crippen LogP contribution < -0.4 is 4.74 Å². The first-order valence-electron chi connectivity index (χ1n) is 5.68. The lowest BCUT2D eigenvalue weighted by atomic mass is 10.1. The molecular weight excluding hydrogens is 212 g/mol. The highest BCUT2D eigenvalue weighted by molar-refractivity contribution is 5.42. The van der Waals surface area contributed by atoms with Gasteiger partial charge in [-0.15, -0.1) is 0 Å². The summed E-state index contributed by atoms with van der Waals surface area (Å²) in [5.41, 5.74) is 1.89. The van der Waals surface area contributed by atoms with Crippen LogP contribution in [0.1, 0.15) is 24.2 Å². The van der Waals surface area contributed by atoms with Crippen LogP contribution in [0, 0.1) is 6.92 Å². The number of benzene rings is 2. The fourth-order valence-corrected chi connectivity index (χ4v) is 1.71. The third-order valence-electron chi connectivity index (χ3n) is 2.83. The fraction of sp³-hybridized carbons (Fsp3) is 0.200. The Kier molecular flexibility index (Phi) is 3.33. The van der Waals surface area contributed by atoms with Gasteiger partial charge in [0.25, 0.3) is 0 Å². The SMILES string of the molecule is Cc1c(O)cccc1OC(C)c1ccccc1. The van der Waals surface area contributed by atoms with Gasteiger partial charge in [-0.05, 0) is 31.5 Å². The van der Waals surface area contributed by atoms with Gasteiger partial charge in [0.1, 0.15) is 17.6 Å². The molecule has 0 bridgehead atoms. The minimum atomic E-state index is -0.0308. The molecule has 2 rings (SSSR count). The van der Waals surface area contributed by atoms with Crippen LogP contribution in [0.15, 0.2) is 48.5 Å². The Hall–Kier alpha value is -1.96. The predicted octanol–water partition coefficient (Wildman–Crippen LogP) is 3.84. The van der Waals surface area contributed by atoms with Crippen LogP contribution in [0.3, 0.4) is 0 Å². The van der Waals surface area contributed by atoms with Gasteiger partial charge >= 0.3 is 0 Å². The zero-order chi connectivity index (χ0) is 12.3. The summed E-state index contributed by atoms with van der Waals surface area (Å²) in [5, 5.41) is 9.60. The Morgan fingerprint density at radius 2 is 1.71 bits per heavy atom. The average Bonchev–Trinajstić information content (AvgIpc) is 2.36. The van der Waals surface area contributed by atoms with E-state index in [2.05, 4.69) is 0 Å². The van der Waals surface area contributed by atoms with E-state index in [-0.39, 0.29) is 11.9 Å². The summed E-state index contributed by atoms with van der Waals surface area (Å²) < 4.78 is 5.85. The number of hydrogen-bond acceptors (Lipinski definition) is 2. The molecule has 1 unspecified atom stereocenters. The van der Waals surface area contributed by atoms with Crippen molar-refractivity contribution < 1.29 is 9.84 Å². The topological polar surface area (TPSA) is 29.5 Å². The molecule has 2 aromatic rings. The van der Waals surface area contributed by atoms with Gasteiger partial charge in [0.05, 0.1) is 0 Å². The van der Waals surface area contributed by atoms with Crippen molar-refractivity contribution in [3.8, 4) is 11.5 Å². The molecule has 2 aromatic carbocycles. The monoisotopic (exact) mass is 228 g/mol. The molecule has 1 atom stereocenters. The molecule has 1 N–H and O–H groups in total. The van der Waals surface area contributed by atoms with Gasteiger partial charge in [0.2, 0.25) is 0 Å². The molecule has 0 aliphatic heterocycles. The zero-order valence-electron chi connectivity index (χ0n) is 10.1. The van der Waals surface area contributed by atoms with Crippen molar-refractivity contribution in [1.82, 2.24) is 0 Å². The lowest BCUT2D eigenvalue weighted by molar-refractivity contribution is 0.224. The molecule has 0 amide bonds. The summed E-state index contributed by atoms with van der Waals surface area (Å²) in [6.45, 7) is 3.85. The second-order valence-electron chi connectivity index (χ2n) is 4.07. The zero-order valence-corrected chi connectivity index (χ0v) is 10.1. The number of phenols is 1. The molecule has 0 aliphatic rings. The summed E-state index contributed by atoms with van der Waals surface area (Å²) in [4.78, 5) is 0. The highest BCUT2D eigenvalue weighted by Crippen LogP contribution is 2.29. The quantitative estimate of drug-likeness (QED) is 0.864. The number of ether oxygens (including phenoxy) is 1.